The lowest BCUT2D eigenvalue weighted by Crippen LogP contribution is -2.43. The van der Waals surface area contributed by atoms with Gasteiger partial charge in [0, 0.05) is 7.05 Å². The van der Waals surface area contributed by atoms with Crippen LogP contribution in [-0.2, 0) is 11.8 Å². The van der Waals surface area contributed by atoms with Crippen LogP contribution < -0.4 is 21.1 Å². The van der Waals surface area contributed by atoms with E-state index >= 15 is 0 Å². The topological polar surface area (TPSA) is 102 Å². The quantitative estimate of drug-likeness (QED) is 0.650. The molecule has 8 nitrogen and oxygen atoms in total. The molecule has 0 aliphatic carbocycles. The minimum atomic E-state index is -0.512. The highest BCUT2D eigenvalue weighted by atomic mass is 32.1. The van der Waals surface area contributed by atoms with Crippen LogP contribution in [0, 0.1) is 20.8 Å². The van der Waals surface area contributed by atoms with Crippen molar-refractivity contribution in [3.05, 3.63) is 56.4 Å². The Morgan fingerprint density at radius 1 is 1.18 bits per heavy atom. The SMILES string of the molecule is Cc1ccc(OCC(=O)NNC(=O)c2sc3ncn(C)c(=O)c3c2C)cc1C. The Morgan fingerprint density at radius 2 is 1.93 bits per heavy atom. The summed E-state index contributed by atoms with van der Waals surface area (Å²) in [7, 11) is 1.60. The maximum atomic E-state index is 12.4. The molecule has 0 atom stereocenters. The second-order valence-electron chi connectivity index (χ2n) is 6.43. The number of hydrogen-bond donors (Lipinski definition) is 2. The zero-order chi connectivity index (χ0) is 20.4. The number of hydrogen-bond acceptors (Lipinski definition) is 6. The number of amides is 2. The third-order valence-corrected chi connectivity index (χ3v) is 5.58. The van der Waals surface area contributed by atoms with E-state index < -0.39 is 11.8 Å². The van der Waals surface area contributed by atoms with Crippen molar-refractivity contribution < 1.29 is 14.3 Å². The van der Waals surface area contributed by atoms with Crippen molar-refractivity contribution in [1.82, 2.24) is 20.4 Å². The number of carbonyl (C=O) groups excluding carboxylic acids is 2. The average Bonchev–Trinajstić information content (AvgIpc) is 3.01. The molecule has 146 valence electrons. The molecule has 0 aliphatic rings. The number of rotatable bonds is 4. The Hall–Kier alpha value is -3.20. The van der Waals surface area contributed by atoms with Gasteiger partial charge in [-0.15, -0.1) is 11.3 Å². The maximum absolute atomic E-state index is 12.4. The summed E-state index contributed by atoms with van der Waals surface area (Å²) >= 11 is 1.10. The number of nitrogens with one attached hydrogen (secondary N) is 2. The molecule has 0 fully saturated rings. The normalized spacial score (nSPS) is 10.7. The number of ether oxygens (including phenoxy) is 1. The lowest BCUT2D eigenvalue weighted by Gasteiger charge is -2.09. The number of fused-ring (bicyclic) bond motifs is 1. The van der Waals surface area contributed by atoms with E-state index in [0.717, 1.165) is 22.5 Å². The van der Waals surface area contributed by atoms with Crippen LogP contribution in [-0.4, -0.2) is 28.0 Å². The third kappa shape index (κ3) is 3.89. The van der Waals surface area contributed by atoms with Gasteiger partial charge in [-0.05, 0) is 49.6 Å². The number of thiophene rings is 1. The molecular weight excluding hydrogens is 380 g/mol. The van der Waals surface area contributed by atoms with Crippen LogP contribution in [0.4, 0.5) is 0 Å². The van der Waals surface area contributed by atoms with Crippen LogP contribution in [0.3, 0.4) is 0 Å². The Balaban J connectivity index is 1.62. The first-order valence-electron chi connectivity index (χ1n) is 8.52. The highest BCUT2D eigenvalue weighted by Gasteiger charge is 2.19. The fourth-order valence-electron chi connectivity index (χ4n) is 2.60. The number of hydrazine groups is 1. The summed E-state index contributed by atoms with van der Waals surface area (Å²) in [5, 5.41) is 0.407. The van der Waals surface area contributed by atoms with Crippen molar-refractivity contribution in [1.29, 1.82) is 0 Å². The summed E-state index contributed by atoms with van der Waals surface area (Å²) < 4.78 is 6.78. The molecule has 0 bridgehead atoms. The second kappa shape index (κ2) is 7.81. The van der Waals surface area contributed by atoms with Crippen LogP contribution in [0.15, 0.2) is 29.3 Å². The minimum Gasteiger partial charge on any atom is -0.484 e. The molecule has 2 amide bonds. The molecule has 0 saturated heterocycles. The summed E-state index contributed by atoms with van der Waals surface area (Å²) in [6.07, 6.45) is 1.41. The highest BCUT2D eigenvalue weighted by molar-refractivity contribution is 7.20. The van der Waals surface area contributed by atoms with Crippen molar-refractivity contribution >= 4 is 33.4 Å². The van der Waals surface area contributed by atoms with E-state index in [1.807, 2.05) is 26.0 Å². The van der Waals surface area contributed by atoms with E-state index in [0.29, 0.717) is 26.4 Å². The maximum Gasteiger partial charge on any atom is 0.280 e. The standard InChI is InChI=1S/C19H20N4O4S/c1-10-5-6-13(7-11(10)2)27-8-14(24)21-22-17(25)16-12(3)15-18(28-16)20-9-23(4)19(15)26/h5-7,9H,8H2,1-4H3,(H,21,24)(H,22,25). The molecule has 2 heterocycles. The minimum absolute atomic E-state index is 0.219. The Morgan fingerprint density at radius 3 is 2.64 bits per heavy atom. The molecule has 0 radical (unpaired) electrons. The second-order valence-corrected chi connectivity index (χ2v) is 7.43. The molecule has 0 aliphatic heterocycles. The van der Waals surface area contributed by atoms with Crippen molar-refractivity contribution in [2.24, 2.45) is 7.05 Å². The monoisotopic (exact) mass is 400 g/mol. The molecular formula is C19H20N4O4S. The zero-order valence-electron chi connectivity index (χ0n) is 16.0. The number of nitrogens with zero attached hydrogens (tertiary/aromatic N) is 2. The van der Waals surface area contributed by atoms with E-state index in [1.54, 1.807) is 20.0 Å². The smallest absolute Gasteiger partial charge is 0.280 e. The van der Waals surface area contributed by atoms with Crippen molar-refractivity contribution in [2.75, 3.05) is 6.61 Å². The fraction of sp³-hybridized carbons (Fsp3) is 0.263. The summed E-state index contributed by atoms with van der Waals surface area (Å²) in [5.41, 5.74) is 7.17. The first kappa shape index (κ1) is 19.6. The summed E-state index contributed by atoms with van der Waals surface area (Å²) in [6.45, 7) is 5.39. The van der Waals surface area contributed by atoms with Gasteiger partial charge in [0.05, 0.1) is 16.6 Å². The molecule has 0 unspecified atom stereocenters. The molecule has 1 aromatic carbocycles. The van der Waals surface area contributed by atoms with Gasteiger partial charge >= 0.3 is 0 Å². The van der Waals surface area contributed by atoms with E-state index in [-0.39, 0.29) is 12.2 Å². The van der Waals surface area contributed by atoms with Crippen LogP contribution in [0.2, 0.25) is 0 Å². The summed E-state index contributed by atoms with van der Waals surface area (Å²) in [6, 6.07) is 5.53. The van der Waals surface area contributed by atoms with E-state index in [4.69, 9.17) is 4.74 Å². The molecule has 28 heavy (non-hydrogen) atoms. The largest absolute Gasteiger partial charge is 0.484 e. The van der Waals surface area contributed by atoms with Crippen LogP contribution >= 0.6 is 11.3 Å². The molecule has 3 aromatic rings. The first-order valence-corrected chi connectivity index (χ1v) is 9.33. The van der Waals surface area contributed by atoms with Gasteiger partial charge in [0.2, 0.25) is 0 Å². The van der Waals surface area contributed by atoms with E-state index in [9.17, 15) is 14.4 Å². The van der Waals surface area contributed by atoms with Gasteiger partial charge in [0.15, 0.2) is 6.61 Å². The van der Waals surface area contributed by atoms with Gasteiger partial charge in [-0.3, -0.25) is 25.2 Å². The molecule has 0 spiro atoms. The lowest BCUT2D eigenvalue weighted by atomic mass is 10.1. The van der Waals surface area contributed by atoms with Crippen molar-refractivity contribution in [3.8, 4) is 5.75 Å². The molecule has 0 saturated carbocycles. The van der Waals surface area contributed by atoms with Gasteiger partial charge in [0.1, 0.15) is 10.6 Å². The molecule has 3 rings (SSSR count). The zero-order valence-corrected chi connectivity index (χ0v) is 16.8. The number of benzene rings is 1. The average molecular weight is 400 g/mol. The highest BCUT2D eigenvalue weighted by Crippen LogP contribution is 2.26. The van der Waals surface area contributed by atoms with Crippen LogP contribution in [0.25, 0.3) is 10.2 Å². The number of carbonyl (C=O) groups is 2. The summed E-state index contributed by atoms with van der Waals surface area (Å²) in [4.78, 5) is 41.5. The van der Waals surface area contributed by atoms with Crippen molar-refractivity contribution in [3.63, 3.8) is 0 Å². The predicted molar refractivity (Wildman–Crippen MR) is 107 cm³/mol. The first-order chi connectivity index (χ1) is 13.3. The fourth-order valence-corrected chi connectivity index (χ4v) is 3.63. The van der Waals surface area contributed by atoms with Gasteiger partial charge in [-0.25, -0.2) is 4.98 Å². The van der Waals surface area contributed by atoms with Gasteiger partial charge in [0.25, 0.3) is 17.4 Å². The van der Waals surface area contributed by atoms with E-state index in [1.165, 1.54) is 10.9 Å². The van der Waals surface area contributed by atoms with Gasteiger partial charge in [-0.2, -0.15) is 0 Å². The Bertz CT molecular complexity index is 1130. The number of aromatic nitrogens is 2. The summed E-state index contributed by atoms with van der Waals surface area (Å²) in [5.74, 6) is -0.437. The molecule has 2 aromatic heterocycles. The Labute approximate surface area is 165 Å². The third-order valence-electron chi connectivity index (χ3n) is 4.38. The lowest BCUT2D eigenvalue weighted by molar-refractivity contribution is -0.123. The molecule has 9 heteroatoms. The van der Waals surface area contributed by atoms with Gasteiger partial charge < -0.3 is 9.30 Å². The van der Waals surface area contributed by atoms with Crippen molar-refractivity contribution in [2.45, 2.75) is 20.8 Å². The van der Waals surface area contributed by atoms with Crippen LogP contribution in [0.1, 0.15) is 26.4 Å². The Kier molecular flexibility index (Phi) is 5.46. The predicted octanol–water partition coefficient (Wildman–Crippen LogP) is 1.76. The van der Waals surface area contributed by atoms with E-state index in [2.05, 4.69) is 15.8 Å². The molecule has 2 N–H and O–H groups in total. The van der Waals surface area contributed by atoms with Gasteiger partial charge in [-0.1, -0.05) is 6.07 Å². The number of aryl methyl sites for hydroxylation is 4. The van der Waals surface area contributed by atoms with Crippen LogP contribution in [0.5, 0.6) is 5.75 Å².